The highest BCUT2D eigenvalue weighted by atomic mass is 35.5. The Morgan fingerprint density at radius 2 is 1.79 bits per heavy atom. The minimum Gasteiger partial charge on any atom is -0.493 e. The molecule has 2 N–H and O–H groups in total. The van der Waals surface area contributed by atoms with Crippen LogP contribution >= 0.6 is 12.4 Å². The first-order valence-electron chi connectivity index (χ1n) is 8.99. The summed E-state index contributed by atoms with van der Waals surface area (Å²) >= 11 is 0. The maximum atomic E-state index is 13.1. The standard InChI is InChI=1S/C18H27N3O5S.ClH/c1-21(14-9-12-5-6-13(10-14)19-12)18(22)11-7-15(20-27(4,23)24)17(26-3)16(8-11)25-2;/h7-8,12-14,19-20H,5-6,9-10H2,1-4H3;1H. The SMILES string of the molecule is COc1cc(C(=O)N(C)C2CC3CCC(C2)N3)cc(NS(C)(=O)=O)c1OC.Cl. The molecule has 2 fully saturated rings. The number of carbonyl (C=O) groups is 1. The maximum Gasteiger partial charge on any atom is 0.254 e. The van der Waals surface area contributed by atoms with Crippen LogP contribution in [0.25, 0.3) is 0 Å². The summed E-state index contributed by atoms with van der Waals surface area (Å²) in [5.41, 5.74) is 0.536. The Morgan fingerprint density at radius 1 is 1.18 bits per heavy atom. The number of nitrogens with one attached hydrogen (secondary N) is 2. The van der Waals surface area contributed by atoms with E-state index in [-0.39, 0.29) is 35.8 Å². The smallest absolute Gasteiger partial charge is 0.254 e. The number of benzene rings is 1. The average molecular weight is 434 g/mol. The van der Waals surface area contributed by atoms with Gasteiger partial charge >= 0.3 is 0 Å². The number of hydrogen-bond acceptors (Lipinski definition) is 6. The fourth-order valence-electron chi connectivity index (χ4n) is 4.08. The highest BCUT2D eigenvalue weighted by Crippen LogP contribution is 2.38. The summed E-state index contributed by atoms with van der Waals surface area (Å²) in [6.45, 7) is 0. The molecule has 0 aliphatic carbocycles. The molecule has 158 valence electrons. The van der Waals surface area contributed by atoms with Crippen LogP contribution in [-0.2, 0) is 10.0 Å². The van der Waals surface area contributed by atoms with Crippen molar-refractivity contribution < 1.29 is 22.7 Å². The lowest BCUT2D eigenvalue weighted by Crippen LogP contribution is -2.48. The van der Waals surface area contributed by atoms with Gasteiger partial charge in [0.05, 0.1) is 26.2 Å². The minimum atomic E-state index is -3.54. The van der Waals surface area contributed by atoms with E-state index in [1.165, 1.54) is 20.3 Å². The Hall–Kier alpha value is -1.71. The molecule has 0 radical (unpaired) electrons. The van der Waals surface area contributed by atoms with E-state index in [1.807, 2.05) is 0 Å². The number of carbonyl (C=O) groups excluding carboxylic acids is 1. The quantitative estimate of drug-likeness (QED) is 0.710. The van der Waals surface area contributed by atoms with Gasteiger partial charge in [0.2, 0.25) is 10.0 Å². The van der Waals surface area contributed by atoms with Gasteiger partial charge in [-0.15, -0.1) is 12.4 Å². The fraction of sp³-hybridized carbons (Fsp3) is 0.611. The number of nitrogens with zero attached hydrogens (tertiary/aromatic N) is 1. The molecule has 1 aromatic rings. The van der Waals surface area contributed by atoms with Crippen molar-refractivity contribution in [2.75, 3.05) is 32.2 Å². The molecular weight excluding hydrogens is 406 g/mol. The van der Waals surface area contributed by atoms with Crippen molar-refractivity contribution in [2.24, 2.45) is 0 Å². The molecular formula is C18H28ClN3O5S. The van der Waals surface area contributed by atoms with Crippen molar-refractivity contribution in [3.63, 3.8) is 0 Å². The zero-order valence-corrected chi connectivity index (χ0v) is 18.2. The summed E-state index contributed by atoms with van der Waals surface area (Å²) in [6, 6.07) is 4.18. The molecule has 28 heavy (non-hydrogen) atoms. The van der Waals surface area contributed by atoms with Crippen molar-refractivity contribution in [1.29, 1.82) is 0 Å². The summed E-state index contributed by atoms with van der Waals surface area (Å²) in [5, 5.41) is 3.57. The fourth-order valence-corrected chi connectivity index (χ4v) is 4.63. The predicted molar refractivity (Wildman–Crippen MR) is 110 cm³/mol. The van der Waals surface area contributed by atoms with Crippen molar-refractivity contribution >= 4 is 34.0 Å². The Kier molecular flexibility index (Phi) is 7.06. The average Bonchev–Trinajstić information content (AvgIpc) is 2.96. The van der Waals surface area contributed by atoms with Gasteiger partial charge in [-0.05, 0) is 37.8 Å². The van der Waals surface area contributed by atoms with Gasteiger partial charge in [0.1, 0.15) is 0 Å². The molecule has 2 atom stereocenters. The topological polar surface area (TPSA) is 97.0 Å². The molecule has 0 aromatic heterocycles. The summed E-state index contributed by atoms with van der Waals surface area (Å²) in [7, 11) is 1.13. The Balaban J connectivity index is 0.00000280. The third kappa shape index (κ3) is 4.82. The van der Waals surface area contributed by atoms with E-state index in [4.69, 9.17) is 9.47 Å². The van der Waals surface area contributed by atoms with Gasteiger partial charge in [-0.25, -0.2) is 8.42 Å². The number of methoxy groups -OCH3 is 2. The largest absolute Gasteiger partial charge is 0.493 e. The first kappa shape index (κ1) is 22.6. The number of sulfonamides is 1. The lowest BCUT2D eigenvalue weighted by Gasteiger charge is -2.35. The molecule has 3 rings (SSSR count). The lowest BCUT2D eigenvalue weighted by atomic mass is 9.98. The van der Waals surface area contributed by atoms with Crippen LogP contribution in [0.2, 0.25) is 0 Å². The Morgan fingerprint density at radius 3 is 2.29 bits per heavy atom. The number of anilines is 1. The molecule has 2 heterocycles. The van der Waals surface area contributed by atoms with Gasteiger partial charge in [0.25, 0.3) is 5.91 Å². The van der Waals surface area contributed by atoms with Crippen LogP contribution in [0.1, 0.15) is 36.0 Å². The Labute approximate surface area is 172 Å². The molecule has 0 saturated carbocycles. The van der Waals surface area contributed by atoms with Gasteiger partial charge in [0.15, 0.2) is 11.5 Å². The molecule has 10 heteroatoms. The second kappa shape index (κ2) is 8.75. The third-order valence-electron chi connectivity index (χ3n) is 5.34. The number of ether oxygens (including phenoxy) is 2. The predicted octanol–water partition coefficient (Wildman–Crippen LogP) is 1.85. The number of rotatable bonds is 6. The first-order valence-corrected chi connectivity index (χ1v) is 10.9. The van der Waals surface area contributed by atoms with E-state index >= 15 is 0 Å². The van der Waals surface area contributed by atoms with Crippen LogP contribution in [0.3, 0.4) is 0 Å². The molecule has 2 bridgehead atoms. The van der Waals surface area contributed by atoms with Crippen LogP contribution in [0, 0.1) is 0 Å². The van der Waals surface area contributed by atoms with Gasteiger partial charge < -0.3 is 19.7 Å². The van der Waals surface area contributed by atoms with E-state index in [1.54, 1.807) is 18.0 Å². The number of hydrogen-bond donors (Lipinski definition) is 2. The van der Waals surface area contributed by atoms with Gasteiger partial charge in [0, 0.05) is 30.7 Å². The number of halogens is 1. The second-order valence-corrected chi connectivity index (χ2v) is 9.06. The molecule has 0 spiro atoms. The van der Waals surface area contributed by atoms with Crippen molar-refractivity contribution in [2.45, 2.75) is 43.8 Å². The molecule has 2 aliphatic rings. The first-order chi connectivity index (χ1) is 12.7. The zero-order valence-electron chi connectivity index (χ0n) is 16.5. The number of fused-ring (bicyclic) bond motifs is 2. The molecule has 8 nitrogen and oxygen atoms in total. The normalized spacial score (nSPS) is 23.5. The highest BCUT2D eigenvalue weighted by Gasteiger charge is 2.36. The van der Waals surface area contributed by atoms with Crippen LogP contribution in [0.4, 0.5) is 5.69 Å². The van der Waals surface area contributed by atoms with Crippen molar-refractivity contribution in [1.82, 2.24) is 10.2 Å². The van der Waals surface area contributed by atoms with Crippen molar-refractivity contribution in [3.05, 3.63) is 17.7 Å². The van der Waals surface area contributed by atoms with Crippen LogP contribution in [0.15, 0.2) is 12.1 Å². The Bertz CT molecular complexity index is 821. The van der Waals surface area contributed by atoms with E-state index in [2.05, 4.69) is 10.0 Å². The highest BCUT2D eigenvalue weighted by molar-refractivity contribution is 7.92. The summed E-state index contributed by atoms with van der Waals surface area (Å²) in [5.74, 6) is 0.370. The van der Waals surface area contributed by atoms with Gasteiger partial charge in [-0.3, -0.25) is 9.52 Å². The summed E-state index contributed by atoms with van der Waals surface area (Å²) in [4.78, 5) is 14.9. The van der Waals surface area contributed by atoms with Crippen molar-refractivity contribution in [3.8, 4) is 11.5 Å². The molecule has 1 amide bonds. The summed E-state index contributed by atoms with van der Waals surface area (Å²) < 4.78 is 36.4. The van der Waals surface area contributed by atoms with Crippen LogP contribution < -0.4 is 19.5 Å². The summed E-state index contributed by atoms with van der Waals surface area (Å²) in [6.07, 6.45) is 5.22. The maximum absolute atomic E-state index is 13.1. The number of amides is 1. The van der Waals surface area contributed by atoms with E-state index in [0.717, 1.165) is 31.9 Å². The molecule has 2 unspecified atom stereocenters. The molecule has 2 saturated heterocycles. The van der Waals surface area contributed by atoms with Gasteiger partial charge in [-0.2, -0.15) is 0 Å². The minimum absolute atomic E-state index is 0. The third-order valence-corrected chi connectivity index (χ3v) is 5.93. The second-order valence-electron chi connectivity index (χ2n) is 7.31. The van der Waals surface area contributed by atoms with E-state index in [0.29, 0.717) is 23.4 Å². The van der Waals surface area contributed by atoms with Crippen LogP contribution in [-0.4, -0.2) is 64.9 Å². The number of piperidine rings is 1. The van der Waals surface area contributed by atoms with Crippen LogP contribution in [0.5, 0.6) is 11.5 Å². The van der Waals surface area contributed by atoms with Gasteiger partial charge in [-0.1, -0.05) is 0 Å². The van der Waals surface area contributed by atoms with E-state index in [9.17, 15) is 13.2 Å². The van der Waals surface area contributed by atoms with E-state index < -0.39 is 10.0 Å². The molecule has 2 aliphatic heterocycles. The monoisotopic (exact) mass is 433 g/mol. The zero-order chi connectivity index (χ0) is 19.8. The lowest BCUT2D eigenvalue weighted by molar-refractivity contribution is 0.0681. The molecule has 1 aromatic carbocycles.